The Labute approximate surface area is 144 Å². The molecule has 136 valence electrons. The van der Waals surface area contributed by atoms with Crippen LogP contribution in [0.5, 0.6) is 5.75 Å². The van der Waals surface area contributed by atoms with E-state index in [4.69, 9.17) is 19.4 Å². The highest BCUT2D eigenvalue weighted by atomic mass is 35.5. The van der Waals surface area contributed by atoms with Crippen molar-refractivity contribution in [3.8, 4) is 5.75 Å². The number of halogens is 1. The van der Waals surface area contributed by atoms with Gasteiger partial charge in [0.1, 0.15) is 5.75 Å². The fourth-order valence-electron chi connectivity index (χ4n) is 1.60. The van der Waals surface area contributed by atoms with Crippen molar-refractivity contribution in [1.82, 2.24) is 0 Å². The third-order valence-corrected chi connectivity index (χ3v) is 4.65. The summed E-state index contributed by atoms with van der Waals surface area (Å²) in [4.78, 5) is 36.5. The van der Waals surface area contributed by atoms with E-state index in [2.05, 4.69) is 5.73 Å². The highest BCUT2D eigenvalue weighted by Gasteiger charge is 2.30. The maximum atomic E-state index is 12.0. The maximum Gasteiger partial charge on any atom is 0.373 e. The molecule has 2 atom stereocenters. The second-order valence-corrected chi connectivity index (χ2v) is 6.85. The van der Waals surface area contributed by atoms with Crippen LogP contribution in [0.4, 0.5) is 0 Å². The number of quaternary nitrogens is 1. The molecule has 0 bridgehead atoms. The van der Waals surface area contributed by atoms with E-state index in [0.717, 1.165) is 0 Å². The number of carboxylic acids is 1. The smallest absolute Gasteiger partial charge is 0.373 e. The molecule has 0 saturated heterocycles. The molecule has 0 spiro atoms. The van der Waals surface area contributed by atoms with Crippen molar-refractivity contribution in [3.05, 3.63) is 29.8 Å². The van der Waals surface area contributed by atoms with Gasteiger partial charge in [0.25, 0.3) is 0 Å². The van der Waals surface area contributed by atoms with Crippen LogP contribution in [0.15, 0.2) is 24.3 Å². The van der Waals surface area contributed by atoms with Gasteiger partial charge in [-0.3, -0.25) is 4.57 Å². The summed E-state index contributed by atoms with van der Waals surface area (Å²) in [6, 6.07) is 5.89. The normalized spacial score (nSPS) is 13.1. The number of carboxylic acid groups (broad SMARTS) is 1. The van der Waals surface area contributed by atoms with Crippen LogP contribution in [0.1, 0.15) is 17.8 Å². The predicted molar refractivity (Wildman–Crippen MR) is 76.6 cm³/mol. The van der Waals surface area contributed by atoms with E-state index in [0.29, 0.717) is 13.0 Å². The summed E-state index contributed by atoms with van der Waals surface area (Å²) in [5, 5.41) is 18.5. The Balaban J connectivity index is 0. The van der Waals surface area contributed by atoms with Gasteiger partial charge in [0.15, 0.2) is 12.5 Å². The maximum absolute atomic E-state index is 12.0. The second-order valence-electron chi connectivity index (χ2n) is 4.40. The largest absolute Gasteiger partial charge is 1.00 e. The molecule has 0 aromatic heterocycles. The van der Waals surface area contributed by atoms with Gasteiger partial charge in [-0.1, -0.05) is 12.1 Å². The molecule has 9 nitrogen and oxygen atoms in total. The summed E-state index contributed by atoms with van der Waals surface area (Å²) >= 11 is 0. The summed E-state index contributed by atoms with van der Waals surface area (Å²) in [6.45, 7) is -0.00310. The van der Waals surface area contributed by atoms with Gasteiger partial charge in [-0.25, -0.2) is 4.79 Å². The monoisotopic (exact) mass is 383 g/mol. The Morgan fingerprint density at radius 1 is 1.38 bits per heavy atom. The van der Waals surface area contributed by atoms with E-state index in [9.17, 15) is 19.4 Å². The molecule has 1 aromatic rings. The molecule has 0 aliphatic carbocycles. The van der Waals surface area contributed by atoms with Crippen LogP contribution in [0.3, 0.4) is 0 Å². The number of aliphatic hydroxyl groups excluding tert-OH is 1. The van der Waals surface area contributed by atoms with E-state index in [1.807, 2.05) is 0 Å². The van der Waals surface area contributed by atoms with Crippen molar-refractivity contribution >= 4 is 19.5 Å². The number of carbonyl (C=O) groups is 1. The minimum atomic E-state index is -3.74. The van der Waals surface area contributed by atoms with Crippen LogP contribution in [0.25, 0.3) is 0 Å². The molecule has 2 unspecified atom stereocenters. The Kier molecular flexibility index (Phi) is 12.9. The van der Waals surface area contributed by atoms with Crippen molar-refractivity contribution in [2.75, 3.05) is 19.3 Å². The van der Waals surface area contributed by atoms with Gasteiger partial charge in [-0.05, 0) is 17.7 Å². The summed E-state index contributed by atoms with van der Waals surface area (Å²) < 4.78 is 17.0. The summed E-state index contributed by atoms with van der Waals surface area (Å²) in [6.07, 6.45) is 0.678. The molecule has 0 fully saturated rings. The molecule has 1 aromatic carbocycles. The van der Waals surface area contributed by atoms with Crippen molar-refractivity contribution in [1.29, 1.82) is 0 Å². The number of hydrogen-bond donors (Lipinski definition) is 4. The minimum absolute atomic E-state index is 0. The zero-order chi connectivity index (χ0) is 17.9. The number of hydrogen-bond acceptors (Lipinski definition) is 6. The van der Waals surface area contributed by atoms with Crippen molar-refractivity contribution in [2.45, 2.75) is 12.3 Å². The molecule has 6 N–H and O–H groups in total. The average molecular weight is 384 g/mol. The van der Waals surface area contributed by atoms with Gasteiger partial charge >= 0.3 is 12.1 Å². The number of benzene rings is 1. The van der Waals surface area contributed by atoms with Gasteiger partial charge in [-0.15, -0.1) is 0 Å². The lowest BCUT2D eigenvalue weighted by Crippen LogP contribution is -3.00. The Hall–Kier alpha value is -1.73. The SMILES string of the molecule is O=C=O.[Cl-].[NH3+]CCCP(=O)(O)C(O)c1cccc(OCC(=O)O)c1. The topological polar surface area (TPSA) is 166 Å². The molecule has 0 radical (unpaired) electrons. The van der Waals surface area contributed by atoms with Crippen LogP contribution in [-0.2, 0) is 18.9 Å². The molecular weight excluding hydrogens is 365 g/mol. The number of carbonyl (C=O) groups excluding carboxylic acids is 2. The Bertz CT molecular complexity index is 591. The zero-order valence-corrected chi connectivity index (χ0v) is 14.3. The van der Waals surface area contributed by atoms with Crippen molar-refractivity contribution in [2.24, 2.45) is 0 Å². The first-order valence-electron chi connectivity index (χ1n) is 6.51. The average Bonchev–Trinajstić information content (AvgIpc) is 2.51. The molecule has 0 aliphatic rings. The lowest BCUT2D eigenvalue weighted by atomic mass is 10.2. The van der Waals surface area contributed by atoms with E-state index in [-0.39, 0.29) is 36.0 Å². The lowest BCUT2D eigenvalue weighted by Gasteiger charge is -2.18. The zero-order valence-electron chi connectivity index (χ0n) is 12.6. The predicted octanol–water partition coefficient (Wildman–Crippen LogP) is -3.54. The first kappa shape index (κ1) is 24.5. The Morgan fingerprint density at radius 3 is 2.46 bits per heavy atom. The molecule has 11 heteroatoms. The van der Waals surface area contributed by atoms with E-state index in [1.54, 1.807) is 0 Å². The van der Waals surface area contributed by atoms with Crippen LogP contribution < -0.4 is 22.9 Å². The third-order valence-electron chi connectivity index (χ3n) is 2.63. The van der Waals surface area contributed by atoms with Crippen LogP contribution in [0.2, 0.25) is 0 Å². The van der Waals surface area contributed by atoms with E-state index < -0.39 is 25.8 Å². The lowest BCUT2D eigenvalue weighted by molar-refractivity contribution is -0.367. The minimum Gasteiger partial charge on any atom is -1.00 e. The fourth-order valence-corrected chi connectivity index (χ4v) is 3.15. The third kappa shape index (κ3) is 9.42. The summed E-state index contributed by atoms with van der Waals surface area (Å²) in [5.41, 5.74) is 3.81. The van der Waals surface area contributed by atoms with E-state index in [1.165, 1.54) is 24.3 Å². The van der Waals surface area contributed by atoms with Crippen molar-refractivity contribution < 1.29 is 56.9 Å². The van der Waals surface area contributed by atoms with Gasteiger partial charge in [0, 0.05) is 12.6 Å². The first-order valence-corrected chi connectivity index (χ1v) is 8.42. The first-order chi connectivity index (χ1) is 10.8. The molecular formula is C13H19ClNO8P. The molecule has 1 rings (SSSR count). The quantitative estimate of drug-likeness (QED) is 0.335. The molecule has 24 heavy (non-hydrogen) atoms. The summed E-state index contributed by atoms with van der Waals surface area (Å²) in [7, 11) is -3.74. The van der Waals surface area contributed by atoms with Crippen molar-refractivity contribution in [3.63, 3.8) is 0 Å². The van der Waals surface area contributed by atoms with Crippen LogP contribution in [-0.4, -0.2) is 46.5 Å². The highest BCUT2D eigenvalue weighted by molar-refractivity contribution is 7.58. The standard InChI is InChI=1S/C12H18NO6P.CO2.ClH/c13-5-2-6-20(17,18)12(16)9-3-1-4-10(7-9)19-8-11(14)15;2-1-3;/h1,3-4,7,12,16H,2,5-6,8,13H2,(H,14,15)(H,17,18);;1H. The Morgan fingerprint density at radius 2 is 1.96 bits per heavy atom. The van der Waals surface area contributed by atoms with Gasteiger partial charge in [0.05, 0.1) is 6.54 Å². The van der Waals surface area contributed by atoms with E-state index >= 15 is 0 Å². The summed E-state index contributed by atoms with van der Waals surface area (Å²) in [5.74, 6) is -2.41. The fraction of sp³-hybridized carbons (Fsp3) is 0.385. The number of rotatable bonds is 8. The van der Waals surface area contributed by atoms with Gasteiger partial charge in [0.2, 0.25) is 7.37 Å². The van der Waals surface area contributed by atoms with Crippen LogP contribution >= 0.6 is 7.37 Å². The molecule has 0 amide bonds. The second kappa shape index (κ2) is 12.7. The number of ether oxygens (including phenoxy) is 1. The van der Waals surface area contributed by atoms with Crippen LogP contribution in [0, 0.1) is 0 Å². The number of aliphatic hydroxyl groups is 1. The van der Waals surface area contributed by atoms with Gasteiger partial charge in [-0.2, -0.15) is 9.59 Å². The number of aliphatic carboxylic acids is 1. The van der Waals surface area contributed by atoms with Gasteiger partial charge < -0.3 is 38.0 Å². The molecule has 0 aliphatic heterocycles. The highest BCUT2D eigenvalue weighted by Crippen LogP contribution is 2.54. The molecule has 0 heterocycles. The molecule has 0 saturated carbocycles.